The van der Waals surface area contributed by atoms with Crippen molar-refractivity contribution >= 4 is 0 Å². The first-order valence-corrected chi connectivity index (χ1v) is 10.2. The van der Waals surface area contributed by atoms with Crippen LogP contribution in [-0.4, -0.2) is 21.2 Å². The van der Waals surface area contributed by atoms with Crippen LogP contribution in [0.1, 0.15) is 65.5 Å². The minimum atomic E-state index is 0.408. The molecule has 3 rings (SSSR count). The fourth-order valence-corrected chi connectivity index (χ4v) is 4.53. The molecule has 146 valence electrons. The lowest BCUT2D eigenvalue weighted by molar-refractivity contribution is 0.137. The molecule has 3 heteroatoms. The van der Waals surface area contributed by atoms with Crippen molar-refractivity contribution in [1.82, 2.24) is 4.90 Å². The van der Waals surface area contributed by atoms with E-state index >= 15 is 0 Å². The Kier molecular flexibility index (Phi) is 6.11. The van der Waals surface area contributed by atoms with Gasteiger partial charge < -0.3 is 10.2 Å². The van der Waals surface area contributed by atoms with Crippen LogP contribution >= 0.6 is 0 Å². The van der Waals surface area contributed by atoms with E-state index < -0.39 is 0 Å². The van der Waals surface area contributed by atoms with E-state index in [9.17, 15) is 10.2 Å². The Labute approximate surface area is 163 Å². The summed E-state index contributed by atoms with van der Waals surface area (Å²) < 4.78 is 0. The molecule has 1 aliphatic carbocycles. The standard InChI is InChI=1S/C24H33NO2/c1-16-10-18(3)23(26)20(12-16)14-25(22-8-6-5-7-9-22)15-21-13-17(2)11-19(4)24(21)27/h10-13,22,26-27H,5-9,14-15H2,1-4H3. The third kappa shape index (κ3) is 4.65. The first kappa shape index (κ1) is 19.8. The molecule has 3 nitrogen and oxygen atoms in total. The maximum absolute atomic E-state index is 10.6. The fourth-order valence-electron chi connectivity index (χ4n) is 4.53. The van der Waals surface area contributed by atoms with Gasteiger partial charge in [0.25, 0.3) is 0 Å². The smallest absolute Gasteiger partial charge is 0.122 e. The minimum absolute atomic E-state index is 0.408. The third-order valence-electron chi connectivity index (χ3n) is 5.89. The van der Waals surface area contributed by atoms with E-state index in [0.717, 1.165) is 22.3 Å². The van der Waals surface area contributed by atoms with Crippen LogP contribution in [0.3, 0.4) is 0 Å². The van der Waals surface area contributed by atoms with E-state index in [1.165, 1.54) is 43.2 Å². The summed E-state index contributed by atoms with van der Waals surface area (Å²) in [5.74, 6) is 0.817. The molecule has 0 aromatic heterocycles. The lowest BCUT2D eigenvalue weighted by Gasteiger charge is -2.35. The summed E-state index contributed by atoms with van der Waals surface area (Å²) in [4.78, 5) is 2.46. The molecule has 2 N–H and O–H groups in total. The van der Waals surface area contributed by atoms with Crippen molar-refractivity contribution in [2.75, 3.05) is 0 Å². The third-order valence-corrected chi connectivity index (χ3v) is 5.89. The second-order valence-corrected chi connectivity index (χ2v) is 8.38. The molecule has 0 amide bonds. The summed E-state index contributed by atoms with van der Waals surface area (Å²) in [5, 5.41) is 21.2. The molecule has 0 bridgehead atoms. The van der Waals surface area contributed by atoms with Gasteiger partial charge in [0, 0.05) is 30.3 Å². The molecule has 0 aliphatic heterocycles. The Balaban J connectivity index is 1.92. The predicted octanol–water partition coefficient (Wildman–Crippen LogP) is 5.67. The molecule has 0 spiro atoms. The summed E-state index contributed by atoms with van der Waals surface area (Å²) in [6.45, 7) is 9.52. The summed E-state index contributed by atoms with van der Waals surface area (Å²) in [6.07, 6.45) is 6.22. The van der Waals surface area contributed by atoms with E-state index in [2.05, 4.69) is 30.9 Å². The molecule has 1 fully saturated rings. The zero-order valence-corrected chi connectivity index (χ0v) is 17.2. The molecule has 0 saturated heterocycles. The first-order chi connectivity index (χ1) is 12.8. The van der Waals surface area contributed by atoms with Crippen LogP contribution in [0.4, 0.5) is 0 Å². The Morgan fingerprint density at radius 2 is 1.19 bits per heavy atom. The van der Waals surface area contributed by atoms with Crippen LogP contribution in [0.5, 0.6) is 11.5 Å². The number of phenols is 2. The number of rotatable bonds is 5. The van der Waals surface area contributed by atoms with Crippen LogP contribution in [0.25, 0.3) is 0 Å². The van der Waals surface area contributed by atoms with Gasteiger partial charge in [0.15, 0.2) is 0 Å². The summed E-state index contributed by atoms with van der Waals surface area (Å²) in [6, 6.07) is 8.75. The number of aryl methyl sites for hydroxylation is 4. The zero-order chi connectivity index (χ0) is 19.6. The molecular formula is C24H33NO2. The molecule has 1 saturated carbocycles. The molecule has 1 aliphatic rings. The molecule has 0 radical (unpaired) electrons. The van der Waals surface area contributed by atoms with Gasteiger partial charge in [-0.1, -0.05) is 54.7 Å². The van der Waals surface area contributed by atoms with E-state index in [1.807, 2.05) is 26.0 Å². The van der Waals surface area contributed by atoms with E-state index in [0.29, 0.717) is 30.6 Å². The number of nitrogens with zero attached hydrogens (tertiary/aromatic N) is 1. The Hall–Kier alpha value is -2.00. The predicted molar refractivity (Wildman–Crippen MR) is 111 cm³/mol. The zero-order valence-electron chi connectivity index (χ0n) is 17.2. The minimum Gasteiger partial charge on any atom is -0.507 e. The highest BCUT2D eigenvalue weighted by molar-refractivity contribution is 5.44. The van der Waals surface area contributed by atoms with Crippen LogP contribution < -0.4 is 0 Å². The number of hydrogen-bond acceptors (Lipinski definition) is 3. The van der Waals surface area contributed by atoms with Crippen molar-refractivity contribution in [2.45, 2.75) is 78.9 Å². The quantitative estimate of drug-likeness (QED) is 0.716. The SMILES string of the molecule is Cc1cc(C)c(O)c(CN(Cc2cc(C)cc(C)c2O)C2CCCCC2)c1. The molecule has 0 unspecified atom stereocenters. The average Bonchev–Trinajstić information content (AvgIpc) is 2.63. The number of aromatic hydroxyl groups is 2. The van der Waals surface area contributed by atoms with Gasteiger partial charge >= 0.3 is 0 Å². The van der Waals surface area contributed by atoms with Crippen molar-refractivity contribution < 1.29 is 10.2 Å². The summed E-state index contributed by atoms with van der Waals surface area (Å²) >= 11 is 0. The second-order valence-electron chi connectivity index (χ2n) is 8.38. The van der Waals surface area contributed by atoms with E-state index in [-0.39, 0.29) is 0 Å². The normalized spacial score (nSPS) is 15.4. The Bertz CT molecular complexity index is 747. The van der Waals surface area contributed by atoms with E-state index in [4.69, 9.17) is 0 Å². The lowest BCUT2D eigenvalue weighted by atomic mass is 9.92. The van der Waals surface area contributed by atoms with Gasteiger partial charge in [0.2, 0.25) is 0 Å². The molecular weight excluding hydrogens is 334 g/mol. The lowest BCUT2D eigenvalue weighted by Crippen LogP contribution is -2.36. The van der Waals surface area contributed by atoms with E-state index in [1.54, 1.807) is 0 Å². The molecule has 2 aromatic rings. The van der Waals surface area contributed by atoms with Crippen LogP contribution in [0, 0.1) is 27.7 Å². The van der Waals surface area contributed by atoms with Gasteiger partial charge in [-0.05, 0) is 51.7 Å². The molecule has 27 heavy (non-hydrogen) atoms. The second kappa shape index (κ2) is 8.35. The topological polar surface area (TPSA) is 43.7 Å². The average molecular weight is 368 g/mol. The van der Waals surface area contributed by atoms with Crippen molar-refractivity contribution in [2.24, 2.45) is 0 Å². The summed E-state index contributed by atoms with van der Waals surface area (Å²) in [5.41, 5.74) is 6.20. The van der Waals surface area contributed by atoms with Crippen molar-refractivity contribution in [3.63, 3.8) is 0 Å². The largest absolute Gasteiger partial charge is 0.507 e. The van der Waals surface area contributed by atoms with Gasteiger partial charge in [-0.3, -0.25) is 4.90 Å². The molecule has 0 atom stereocenters. The highest BCUT2D eigenvalue weighted by Gasteiger charge is 2.24. The Morgan fingerprint density at radius 1 is 0.741 bits per heavy atom. The van der Waals surface area contributed by atoms with Crippen LogP contribution in [0.2, 0.25) is 0 Å². The first-order valence-electron chi connectivity index (χ1n) is 10.2. The monoisotopic (exact) mass is 367 g/mol. The van der Waals surface area contributed by atoms with Gasteiger partial charge in [-0.2, -0.15) is 0 Å². The van der Waals surface area contributed by atoms with Crippen molar-refractivity contribution in [1.29, 1.82) is 0 Å². The van der Waals surface area contributed by atoms with Gasteiger partial charge in [0.1, 0.15) is 11.5 Å². The number of hydrogen-bond donors (Lipinski definition) is 2. The Morgan fingerprint density at radius 3 is 1.63 bits per heavy atom. The van der Waals surface area contributed by atoms with Crippen LogP contribution in [-0.2, 0) is 13.1 Å². The fraction of sp³-hybridized carbons (Fsp3) is 0.500. The maximum Gasteiger partial charge on any atom is 0.122 e. The molecule has 0 heterocycles. The van der Waals surface area contributed by atoms with Crippen molar-refractivity contribution in [3.05, 3.63) is 57.6 Å². The maximum atomic E-state index is 10.6. The van der Waals surface area contributed by atoms with Gasteiger partial charge in [0.05, 0.1) is 0 Å². The highest BCUT2D eigenvalue weighted by atomic mass is 16.3. The summed E-state index contributed by atoms with van der Waals surface area (Å²) in [7, 11) is 0. The van der Waals surface area contributed by atoms with Gasteiger partial charge in [-0.15, -0.1) is 0 Å². The number of phenolic OH excluding ortho intramolecular Hbond substituents is 2. The number of benzene rings is 2. The van der Waals surface area contributed by atoms with Crippen LogP contribution in [0.15, 0.2) is 24.3 Å². The molecule has 2 aromatic carbocycles. The highest BCUT2D eigenvalue weighted by Crippen LogP contribution is 2.32. The van der Waals surface area contributed by atoms with Gasteiger partial charge in [-0.25, -0.2) is 0 Å². The van der Waals surface area contributed by atoms with Crippen molar-refractivity contribution in [3.8, 4) is 11.5 Å².